The highest BCUT2D eigenvalue weighted by Gasteiger charge is 2.25. The molecule has 22 heavy (non-hydrogen) atoms. The van der Waals surface area contributed by atoms with Gasteiger partial charge in [-0.2, -0.15) is 0 Å². The zero-order valence-electron chi connectivity index (χ0n) is 12.0. The van der Waals surface area contributed by atoms with Gasteiger partial charge in [-0.15, -0.1) is 0 Å². The number of piperazine rings is 1. The Bertz CT molecular complexity index is 659. The van der Waals surface area contributed by atoms with E-state index in [-0.39, 0.29) is 17.6 Å². The zero-order valence-corrected chi connectivity index (χ0v) is 12.0. The average Bonchev–Trinajstić information content (AvgIpc) is 3.09. The van der Waals surface area contributed by atoms with Crippen LogP contribution in [-0.2, 0) is 0 Å². The molecule has 0 unspecified atom stereocenters. The van der Waals surface area contributed by atoms with Crippen LogP contribution in [0.15, 0.2) is 42.6 Å². The number of H-pyrrole nitrogens is 1. The van der Waals surface area contributed by atoms with Gasteiger partial charge in [0.25, 0.3) is 11.8 Å². The van der Waals surface area contributed by atoms with Crippen molar-refractivity contribution in [2.75, 3.05) is 26.2 Å². The lowest BCUT2D eigenvalue weighted by molar-refractivity contribution is 0.0532. The van der Waals surface area contributed by atoms with E-state index in [0.29, 0.717) is 37.4 Å². The third kappa shape index (κ3) is 2.86. The van der Waals surface area contributed by atoms with E-state index in [1.807, 2.05) is 0 Å². The minimum Gasteiger partial charge on any atom is -0.357 e. The van der Waals surface area contributed by atoms with Crippen molar-refractivity contribution in [2.45, 2.75) is 0 Å². The van der Waals surface area contributed by atoms with E-state index in [2.05, 4.69) is 4.98 Å². The van der Waals surface area contributed by atoms with Crippen molar-refractivity contribution in [3.05, 3.63) is 59.7 Å². The Balaban J connectivity index is 1.60. The molecule has 1 aromatic heterocycles. The standard InChI is InChI=1S/C16H16FN3O2/c17-13-5-3-12(4-6-13)15(21)19-8-10-20(11-9-19)16(22)14-2-1-7-18-14/h1-7,18H,8-11H2. The maximum Gasteiger partial charge on any atom is 0.270 e. The summed E-state index contributed by atoms with van der Waals surface area (Å²) >= 11 is 0. The van der Waals surface area contributed by atoms with E-state index < -0.39 is 0 Å². The van der Waals surface area contributed by atoms with Gasteiger partial charge >= 0.3 is 0 Å². The number of nitrogens with zero attached hydrogens (tertiary/aromatic N) is 2. The van der Waals surface area contributed by atoms with Crippen molar-refractivity contribution in [1.29, 1.82) is 0 Å². The number of aromatic nitrogens is 1. The maximum absolute atomic E-state index is 12.9. The van der Waals surface area contributed by atoms with E-state index in [1.165, 1.54) is 24.3 Å². The molecule has 114 valence electrons. The highest BCUT2D eigenvalue weighted by Crippen LogP contribution is 2.11. The molecule has 1 aromatic carbocycles. The molecule has 1 saturated heterocycles. The maximum atomic E-state index is 12.9. The fraction of sp³-hybridized carbons (Fsp3) is 0.250. The molecule has 2 amide bonds. The molecule has 3 rings (SSSR count). The topological polar surface area (TPSA) is 56.4 Å². The predicted molar refractivity (Wildman–Crippen MR) is 79.0 cm³/mol. The Labute approximate surface area is 127 Å². The van der Waals surface area contributed by atoms with Gasteiger partial charge in [0.1, 0.15) is 11.5 Å². The molecule has 0 spiro atoms. The summed E-state index contributed by atoms with van der Waals surface area (Å²) < 4.78 is 12.9. The molecule has 5 nitrogen and oxygen atoms in total. The second kappa shape index (κ2) is 6.01. The molecule has 1 fully saturated rings. The van der Waals surface area contributed by atoms with Crippen LogP contribution in [0.1, 0.15) is 20.8 Å². The lowest BCUT2D eigenvalue weighted by Gasteiger charge is -2.34. The number of aromatic amines is 1. The summed E-state index contributed by atoms with van der Waals surface area (Å²) in [6.45, 7) is 1.93. The van der Waals surface area contributed by atoms with Crippen molar-refractivity contribution < 1.29 is 14.0 Å². The first-order chi connectivity index (χ1) is 10.6. The van der Waals surface area contributed by atoms with Gasteiger partial charge in [-0.1, -0.05) is 0 Å². The molecule has 0 atom stereocenters. The van der Waals surface area contributed by atoms with Crippen molar-refractivity contribution in [2.24, 2.45) is 0 Å². The lowest BCUT2D eigenvalue weighted by Crippen LogP contribution is -2.50. The van der Waals surface area contributed by atoms with E-state index in [4.69, 9.17) is 0 Å². The van der Waals surface area contributed by atoms with Crippen molar-refractivity contribution in [3.8, 4) is 0 Å². The van der Waals surface area contributed by atoms with Gasteiger partial charge in [0, 0.05) is 37.9 Å². The van der Waals surface area contributed by atoms with Crippen molar-refractivity contribution in [3.63, 3.8) is 0 Å². The van der Waals surface area contributed by atoms with Crippen molar-refractivity contribution >= 4 is 11.8 Å². The Morgan fingerprint density at radius 1 is 0.909 bits per heavy atom. The molecule has 6 heteroatoms. The number of nitrogens with one attached hydrogen (secondary N) is 1. The van der Waals surface area contributed by atoms with Crippen LogP contribution in [0, 0.1) is 5.82 Å². The van der Waals surface area contributed by atoms with Gasteiger partial charge in [-0.05, 0) is 36.4 Å². The number of hydrogen-bond donors (Lipinski definition) is 1. The van der Waals surface area contributed by atoms with Crippen LogP contribution < -0.4 is 0 Å². The molecule has 0 aliphatic carbocycles. The second-order valence-corrected chi connectivity index (χ2v) is 5.18. The Hall–Kier alpha value is -2.63. The van der Waals surface area contributed by atoms with Gasteiger partial charge in [0.15, 0.2) is 0 Å². The first kappa shape index (κ1) is 14.3. The minimum atomic E-state index is -0.363. The highest BCUT2D eigenvalue weighted by atomic mass is 19.1. The van der Waals surface area contributed by atoms with Crippen LogP contribution in [0.25, 0.3) is 0 Å². The van der Waals surface area contributed by atoms with Gasteiger partial charge in [0.2, 0.25) is 0 Å². The molecule has 2 aromatic rings. The molecule has 2 heterocycles. The van der Waals surface area contributed by atoms with E-state index in [9.17, 15) is 14.0 Å². The summed E-state index contributed by atoms with van der Waals surface area (Å²) in [4.78, 5) is 30.8. The minimum absolute atomic E-state index is 0.0566. The monoisotopic (exact) mass is 301 g/mol. The van der Waals surface area contributed by atoms with Gasteiger partial charge in [-0.25, -0.2) is 4.39 Å². The number of rotatable bonds is 2. The second-order valence-electron chi connectivity index (χ2n) is 5.18. The summed E-state index contributed by atoms with van der Waals surface area (Å²) in [5, 5.41) is 0. The Morgan fingerprint density at radius 2 is 1.50 bits per heavy atom. The molecule has 0 radical (unpaired) electrons. The summed E-state index contributed by atoms with van der Waals surface area (Å²) in [5.41, 5.74) is 1.02. The molecule has 1 N–H and O–H groups in total. The molecule has 0 saturated carbocycles. The number of amides is 2. The van der Waals surface area contributed by atoms with Crippen LogP contribution in [-0.4, -0.2) is 52.8 Å². The zero-order chi connectivity index (χ0) is 15.5. The fourth-order valence-corrected chi connectivity index (χ4v) is 2.52. The molecule has 1 aliphatic heterocycles. The molecular weight excluding hydrogens is 285 g/mol. The summed E-state index contributed by atoms with van der Waals surface area (Å²) in [7, 11) is 0. The first-order valence-corrected chi connectivity index (χ1v) is 7.12. The number of carbonyl (C=O) groups is 2. The Kier molecular flexibility index (Phi) is 3.91. The highest BCUT2D eigenvalue weighted by molar-refractivity contribution is 5.95. The largest absolute Gasteiger partial charge is 0.357 e. The van der Waals surface area contributed by atoms with Gasteiger partial charge in [0.05, 0.1) is 0 Å². The molecule has 0 bridgehead atoms. The van der Waals surface area contributed by atoms with E-state index in [1.54, 1.807) is 28.1 Å². The summed E-state index contributed by atoms with van der Waals surface area (Å²) in [5.74, 6) is -0.552. The lowest BCUT2D eigenvalue weighted by atomic mass is 10.1. The molecular formula is C16H16FN3O2. The quantitative estimate of drug-likeness (QED) is 0.919. The number of hydrogen-bond acceptors (Lipinski definition) is 2. The normalized spacial score (nSPS) is 15.0. The first-order valence-electron chi connectivity index (χ1n) is 7.12. The average molecular weight is 301 g/mol. The summed E-state index contributed by atoms with van der Waals surface area (Å²) in [6.07, 6.45) is 1.71. The van der Waals surface area contributed by atoms with Crippen LogP contribution in [0.5, 0.6) is 0 Å². The molecule has 1 aliphatic rings. The smallest absolute Gasteiger partial charge is 0.270 e. The van der Waals surface area contributed by atoms with E-state index in [0.717, 1.165) is 0 Å². The number of halogens is 1. The number of benzene rings is 1. The van der Waals surface area contributed by atoms with E-state index >= 15 is 0 Å². The summed E-state index contributed by atoms with van der Waals surface area (Å²) in [6, 6.07) is 9.03. The SMILES string of the molecule is O=C(c1ccc(F)cc1)N1CCN(C(=O)c2ccc[nH]2)CC1. The predicted octanol–water partition coefficient (Wildman–Crippen LogP) is 1.75. The fourth-order valence-electron chi connectivity index (χ4n) is 2.52. The van der Waals surface area contributed by atoms with Crippen LogP contribution >= 0.6 is 0 Å². The van der Waals surface area contributed by atoms with Crippen LogP contribution in [0.3, 0.4) is 0 Å². The van der Waals surface area contributed by atoms with Gasteiger partial charge in [-0.3, -0.25) is 9.59 Å². The third-order valence-corrected chi connectivity index (χ3v) is 3.77. The third-order valence-electron chi connectivity index (χ3n) is 3.77. The Morgan fingerprint density at radius 3 is 2.05 bits per heavy atom. The van der Waals surface area contributed by atoms with Gasteiger partial charge < -0.3 is 14.8 Å². The van der Waals surface area contributed by atoms with Crippen molar-refractivity contribution in [1.82, 2.24) is 14.8 Å². The van der Waals surface area contributed by atoms with Crippen LogP contribution in [0.2, 0.25) is 0 Å². The number of carbonyl (C=O) groups excluding carboxylic acids is 2. The van der Waals surface area contributed by atoms with Crippen LogP contribution in [0.4, 0.5) is 4.39 Å².